The lowest BCUT2D eigenvalue weighted by atomic mass is 10.0. The van der Waals surface area contributed by atoms with E-state index in [0.717, 1.165) is 6.07 Å². The number of ether oxygens (including phenoxy) is 1. The number of benzene rings is 2. The minimum Gasteiger partial charge on any atom is -0.475 e. The van der Waals surface area contributed by atoms with Crippen molar-refractivity contribution in [3.05, 3.63) is 88.2 Å². The van der Waals surface area contributed by atoms with Gasteiger partial charge in [-0.05, 0) is 18.2 Å². The van der Waals surface area contributed by atoms with Crippen LogP contribution in [-0.4, -0.2) is 40.4 Å². The molecule has 0 aliphatic rings. The van der Waals surface area contributed by atoms with E-state index in [9.17, 15) is 23.5 Å². The molecule has 4 rings (SSSR count). The molecule has 35 heavy (non-hydrogen) atoms. The molecule has 3 N–H and O–H groups in total. The highest BCUT2D eigenvalue weighted by Gasteiger charge is 2.19. The van der Waals surface area contributed by atoms with Crippen molar-refractivity contribution in [1.82, 2.24) is 4.98 Å². The summed E-state index contributed by atoms with van der Waals surface area (Å²) in [5.41, 5.74) is -0.546. The maximum atomic E-state index is 13.5. The molecule has 0 spiro atoms. The van der Waals surface area contributed by atoms with Crippen molar-refractivity contribution in [2.24, 2.45) is 0 Å². The first kappa shape index (κ1) is 24.0. The van der Waals surface area contributed by atoms with Gasteiger partial charge in [0.1, 0.15) is 24.2 Å². The standard InChI is InChI=1S/C25H20F2N2O6/c26-24(27)16-6-2-1-5-15(16)21-11-20(32)17-7-3-8-18(23(17)35-21)29-25(33)19-9-4-10-22(28-19)34-13-14(31)12-30/h1-11,14,24,30-31H,12-13H2,(H,29,33). The monoisotopic (exact) mass is 482 g/mol. The van der Waals surface area contributed by atoms with Crippen molar-refractivity contribution in [3.63, 3.8) is 0 Å². The summed E-state index contributed by atoms with van der Waals surface area (Å²) in [5, 5.41) is 21.1. The molecule has 2 aromatic heterocycles. The summed E-state index contributed by atoms with van der Waals surface area (Å²) < 4.78 is 38.1. The number of aliphatic hydroxyl groups is 2. The number of aromatic nitrogens is 1. The fraction of sp³-hybridized carbons (Fsp3) is 0.160. The van der Waals surface area contributed by atoms with Gasteiger partial charge in [-0.1, -0.05) is 36.4 Å². The molecule has 0 saturated carbocycles. The first-order valence-electron chi connectivity index (χ1n) is 10.5. The van der Waals surface area contributed by atoms with Crippen LogP contribution in [0.4, 0.5) is 14.5 Å². The second-order valence-corrected chi connectivity index (χ2v) is 7.51. The van der Waals surface area contributed by atoms with Crippen LogP contribution in [0.1, 0.15) is 22.5 Å². The van der Waals surface area contributed by atoms with Crippen molar-refractivity contribution in [1.29, 1.82) is 0 Å². The van der Waals surface area contributed by atoms with Crippen LogP contribution < -0.4 is 15.5 Å². The normalized spacial score (nSPS) is 12.0. The van der Waals surface area contributed by atoms with Crippen LogP contribution in [0.5, 0.6) is 5.88 Å². The van der Waals surface area contributed by atoms with Crippen molar-refractivity contribution in [2.45, 2.75) is 12.5 Å². The first-order valence-corrected chi connectivity index (χ1v) is 10.5. The molecule has 2 aromatic carbocycles. The summed E-state index contributed by atoms with van der Waals surface area (Å²) >= 11 is 0. The van der Waals surface area contributed by atoms with Crippen LogP contribution in [0, 0.1) is 0 Å². The van der Waals surface area contributed by atoms with E-state index in [-0.39, 0.29) is 51.7 Å². The Labute approximate surface area is 197 Å². The largest absolute Gasteiger partial charge is 0.475 e. The number of para-hydroxylation sites is 1. The van der Waals surface area contributed by atoms with Crippen molar-refractivity contribution < 1.29 is 32.9 Å². The second kappa shape index (κ2) is 10.4. The second-order valence-electron chi connectivity index (χ2n) is 7.51. The molecule has 8 nitrogen and oxygen atoms in total. The van der Waals surface area contributed by atoms with Crippen molar-refractivity contribution >= 4 is 22.6 Å². The number of pyridine rings is 1. The number of halogens is 2. The highest BCUT2D eigenvalue weighted by molar-refractivity contribution is 6.07. The fourth-order valence-corrected chi connectivity index (χ4v) is 3.36. The summed E-state index contributed by atoms with van der Waals surface area (Å²) in [6, 6.07) is 15.8. The van der Waals surface area contributed by atoms with Crippen LogP contribution in [0.2, 0.25) is 0 Å². The highest BCUT2D eigenvalue weighted by atomic mass is 19.3. The number of carbonyl (C=O) groups is 1. The van der Waals surface area contributed by atoms with E-state index in [4.69, 9.17) is 14.3 Å². The number of anilines is 1. The number of aliphatic hydroxyl groups excluding tert-OH is 2. The molecule has 0 radical (unpaired) electrons. The Morgan fingerprint density at radius 3 is 2.63 bits per heavy atom. The molecular formula is C25H20F2N2O6. The molecule has 0 aliphatic carbocycles. The first-order chi connectivity index (χ1) is 16.9. The summed E-state index contributed by atoms with van der Waals surface area (Å²) in [7, 11) is 0. The molecular weight excluding hydrogens is 462 g/mol. The molecule has 0 saturated heterocycles. The number of hydrogen-bond acceptors (Lipinski definition) is 7. The van der Waals surface area contributed by atoms with Gasteiger partial charge in [-0.25, -0.2) is 13.8 Å². The molecule has 1 unspecified atom stereocenters. The average molecular weight is 482 g/mol. The number of carbonyl (C=O) groups excluding carboxylic acids is 1. The lowest BCUT2D eigenvalue weighted by Gasteiger charge is -2.12. The summed E-state index contributed by atoms with van der Waals surface area (Å²) in [4.78, 5) is 29.6. The number of alkyl halides is 2. The van der Waals surface area contributed by atoms with E-state index in [1.165, 1.54) is 48.5 Å². The zero-order valence-corrected chi connectivity index (χ0v) is 18.2. The zero-order valence-electron chi connectivity index (χ0n) is 18.2. The zero-order chi connectivity index (χ0) is 24.9. The Hall–Kier alpha value is -4.15. The minimum absolute atomic E-state index is 0.0193. The Bertz CT molecular complexity index is 1420. The molecule has 0 bridgehead atoms. The predicted molar refractivity (Wildman–Crippen MR) is 124 cm³/mol. The van der Waals surface area contributed by atoms with Gasteiger partial charge in [0.2, 0.25) is 5.88 Å². The average Bonchev–Trinajstić information content (AvgIpc) is 2.87. The van der Waals surface area contributed by atoms with E-state index in [0.29, 0.717) is 0 Å². The Morgan fingerprint density at radius 2 is 1.86 bits per heavy atom. The van der Waals surface area contributed by atoms with Gasteiger partial charge in [0.05, 0.1) is 17.7 Å². The molecule has 1 amide bonds. The van der Waals surface area contributed by atoms with E-state index >= 15 is 0 Å². The van der Waals surface area contributed by atoms with Crippen LogP contribution in [0.25, 0.3) is 22.3 Å². The Balaban J connectivity index is 1.68. The van der Waals surface area contributed by atoms with E-state index in [1.807, 2.05) is 0 Å². The van der Waals surface area contributed by atoms with E-state index < -0.39 is 30.5 Å². The number of fused-ring (bicyclic) bond motifs is 1. The maximum Gasteiger partial charge on any atom is 0.274 e. The van der Waals surface area contributed by atoms with Crippen LogP contribution in [-0.2, 0) is 0 Å². The number of nitrogens with one attached hydrogen (secondary N) is 1. The molecule has 10 heteroatoms. The lowest BCUT2D eigenvalue weighted by Crippen LogP contribution is -2.22. The molecule has 1 atom stereocenters. The van der Waals surface area contributed by atoms with Gasteiger partial charge in [-0.15, -0.1) is 0 Å². The van der Waals surface area contributed by atoms with Crippen LogP contribution in [0.15, 0.2) is 75.9 Å². The predicted octanol–water partition coefficient (Wildman–Crippen LogP) is 3.78. The van der Waals surface area contributed by atoms with E-state index in [2.05, 4.69) is 10.3 Å². The number of rotatable bonds is 8. The van der Waals surface area contributed by atoms with Gasteiger partial charge in [-0.2, -0.15) is 0 Å². The van der Waals surface area contributed by atoms with Crippen LogP contribution in [0.3, 0.4) is 0 Å². The van der Waals surface area contributed by atoms with Gasteiger partial charge in [0.15, 0.2) is 11.0 Å². The third-order valence-corrected chi connectivity index (χ3v) is 5.05. The van der Waals surface area contributed by atoms with Gasteiger partial charge < -0.3 is 24.7 Å². The van der Waals surface area contributed by atoms with Crippen LogP contribution >= 0.6 is 0 Å². The topological polar surface area (TPSA) is 122 Å². The third-order valence-electron chi connectivity index (χ3n) is 5.05. The van der Waals surface area contributed by atoms with Gasteiger partial charge >= 0.3 is 0 Å². The van der Waals surface area contributed by atoms with Gasteiger partial charge in [0, 0.05) is 23.3 Å². The highest BCUT2D eigenvalue weighted by Crippen LogP contribution is 2.33. The van der Waals surface area contributed by atoms with Gasteiger partial charge in [-0.3, -0.25) is 9.59 Å². The molecule has 2 heterocycles. The number of nitrogens with zero attached hydrogens (tertiary/aromatic N) is 1. The number of hydrogen-bond donors (Lipinski definition) is 3. The summed E-state index contributed by atoms with van der Waals surface area (Å²) in [6.45, 7) is -0.706. The quantitative estimate of drug-likeness (QED) is 0.349. The summed E-state index contributed by atoms with van der Waals surface area (Å²) in [6.07, 6.45) is -3.88. The molecule has 4 aromatic rings. The lowest BCUT2D eigenvalue weighted by molar-refractivity contribution is 0.0520. The SMILES string of the molecule is O=C(Nc1cccc2c(=O)cc(-c3ccccc3C(F)F)oc12)c1cccc(OCC(O)CO)n1. The maximum absolute atomic E-state index is 13.5. The Kier molecular flexibility index (Phi) is 7.14. The number of amides is 1. The molecule has 180 valence electrons. The van der Waals surface area contributed by atoms with Crippen molar-refractivity contribution in [2.75, 3.05) is 18.5 Å². The summed E-state index contributed by atoms with van der Waals surface area (Å²) in [5.74, 6) is -0.650. The van der Waals surface area contributed by atoms with E-state index in [1.54, 1.807) is 12.1 Å². The van der Waals surface area contributed by atoms with Gasteiger partial charge in [0.25, 0.3) is 12.3 Å². The molecule has 0 fully saturated rings. The fourth-order valence-electron chi connectivity index (χ4n) is 3.36. The minimum atomic E-state index is -2.78. The van der Waals surface area contributed by atoms with Crippen molar-refractivity contribution in [3.8, 4) is 17.2 Å². The smallest absolute Gasteiger partial charge is 0.274 e. The molecule has 0 aliphatic heterocycles. The Morgan fingerprint density at radius 1 is 1.09 bits per heavy atom. The third kappa shape index (κ3) is 5.34.